The lowest BCUT2D eigenvalue weighted by Gasteiger charge is -1.65. The Hall–Kier alpha value is -0.490. The number of nitrogens with zero attached hydrogens (tertiary/aromatic N) is 1. The van der Waals surface area contributed by atoms with Gasteiger partial charge in [-0.05, 0) is 6.42 Å². The first-order valence-corrected chi connectivity index (χ1v) is 3.53. The number of hydrogen-bond acceptors (Lipinski definition) is 2. The van der Waals surface area contributed by atoms with Crippen LogP contribution in [-0.2, 0) is 4.57 Å². The van der Waals surface area contributed by atoms with E-state index in [0.29, 0.717) is 6.42 Å². The van der Waals surface area contributed by atoms with Crippen LogP contribution in [0.25, 0.3) is 0 Å². The van der Waals surface area contributed by atoms with Crippen LogP contribution in [0.4, 0.5) is 0 Å². The first kappa shape index (κ1) is 11.3. The molecule has 4 nitrogen and oxygen atoms in total. The van der Waals surface area contributed by atoms with Crippen molar-refractivity contribution in [2.75, 3.05) is 0 Å². The third-order valence-electron chi connectivity index (χ3n) is 0.362. The van der Waals surface area contributed by atoms with E-state index in [4.69, 9.17) is 19.6 Å². The van der Waals surface area contributed by atoms with Crippen molar-refractivity contribution in [3.05, 3.63) is 0 Å². The number of hydrogen-bond donors (Lipinski definition) is 2. The second-order valence-electron chi connectivity index (χ2n) is 1.16. The first-order valence-electron chi connectivity index (χ1n) is 2.37. The van der Waals surface area contributed by atoms with E-state index in [9.17, 15) is 0 Å². The molecular weight excluding hydrogens is 141 g/mol. The molecule has 9 heavy (non-hydrogen) atoms. The van der Waals surface area contributed by atoms with Gasteiger partial charge in [0.05, 0.1) is 6.07 Å². The highest BCUT2D eigenvalue weighted by Gasteiger charge is 1.93. The summed E-state index contributed by atoms with van der Waals surface area (Å²) in [6, 6.07) is 2.02. The van der Waals surface area contributed by atoms with E-state index in [1.165, 1.54) is 0 Å². The molecule has 0 radical (unpaired) electrons. The van der Waals surface area contributed by atoms with Gasteiger partial charge in [-0.15, -0.1) is 9.79 Å². The van der Waals surface area contributed by atoms with E-state index in [-0.39, 0.29) is 0 Å². The zero-order valence-corrected chi connectivity index (χ0v) is 6.01. The zero-order chi connectivity index (χ0) is 7.70. The lowest BCUT2D eigenvalue weighted by atomic mass is 10.4. The van der Waals surface area contributed by atoms with Crippen molar-refractivity contribution >= 4 is 8.25 Å². The Morgan fingerprint density at radius 2 is 2.00 bits per heavy atom. The normalized spacial score (nSPS) is 6.44. The summed E-state index contributed by atoms with van der Waals surface area (Å²) in [5, 5.41) is 7.82. The molecule has 0 saturated carbocycles. The van der Waals surface area contributed by atoms with Gasteiger partial charge in [-0.2, -0.15) is 5.26 Å². The predicted molar refractivity (Wildman–Crippen MR) is 32.6 cm³/mol. The van der Waals surface area contributed by atoms with Gasteiger partial charge in [-0.25, -0.2) is 0 Å². The minimum absolute atomic E-state index is 0.694. The molecule has 0 aliphatic carbocycles. The molecule has 0 heterocycles. The summed E-state index contributed by atoms with van der Waals surface area (Å²) in [6.45, 7) is 1.99. The quantitative estimate of drug-likeness (QED) is 0.545. The average Bonchev–Trinajstić information content (AvgIpc) is 1.66. The number of unbranched alkanes of at least 4 members (excludes halogenated alkanes) is 1. The molecule has 0 aromatic carbocycles. The molecule has 0 aliphatic rings. The molecule has 52 valence electrons. The molecule has 2 N–H and O–H groups in total. The maximum Gasteiger partial charge on any atom is 0.692 e. The van der Waals surface area contributed by atoms with E-state index in [2.05, 4.69) is 0 Å². The summed E-state index contributed by atoms with van der Waals surface area (Å²) in [7, 11) is -2.87. The molecular formula is C4H9NO3P+. The van der Waals surface area contributed by atoms with Gasteiger partial charge in [-0.1, -0.05) is 6.92 Å². The minimum Gasteiger partial charge on any atom is -0.198 e. The molecule has 0 aromatic heterocycles. The summed E-state index contributed by atoms with van der Waals surface area (Å²) >= 11 is 0. The van der Waals surface area contributed by atoms with Crippen LogP contribution in [0.3, 0.4) is 0 Å². The van der Waals surface area contributed by atoms with E-state index >= 15 is 0 Å². The Morgan fingerprint density at radius 1 is 1.67 bits per heavy atom. The van der Waals surface area contributed by atoms with Crippen LogP contribution >= 0.6 is 8.25 Å². The first-order chi connectivity index (χ1) is 4.15. The molecule has 0 bridgehead atoms. The van der Waals surface area contributed by atoms with Crippen molar-refractivity contribution in [2.24, 2.45) is 0 Å². The van der Waals surface area contributed by atoms with Crippen LogP contribution in [0.5, 0.6) is 0 Å². The predicted octanol–water partition coefficient (Wildman–Crippen LogP) is 0.938. The summed E-state index contributed by atoms with van der Waals surface area (Å²) in [5.74, 6) is 0. The van der Waals surface area contributed by atoms with Gasteiger partial charge in [0.2, 0.25) is 0 Å². The van der Waals surface area contributed by atoms with Crippen molar-refractivity contribution in [2.45, 2.75) is 19.8 Å². The highest BCUT2D eigenvalue weighted by Crippen LogP contribution is 1.98. The Kier molecular flexibility index (Phi) is 13.2. The van der Waals surface area contributed by atoms with Crippen molar-refractivity contribution in [1.29, 1.82) is 5.26 Å². The Balaban J connectivity index is 0. The summed E-state index contributed by atoms with van der Waals surface area (Å²) in [6.07, 6.45) is 1.68. The van der Waals surface area contributed by atoms with Crippen LogP contribution in [0.2, 0.25) is 0 Å². The Labute approximate surface area is 54.7 Å². The van der Waals surface area contributed by atoms with Crippen LogP contribution in [0.1, 0.15) is 19.8 Å². The van der Waals surface area contributed by atoms with Crippen molar-refractivity contribution in [1.82, 2.24) is 0 Å². The van der Waals surface area contributed by atoms with Gasteiger partial charge < -0.3 is 0 Å². The van der Waals surface area contributed by atoms with E-state index < -0.39 is 8.25 Å². The fourth-order valence-corrected chi connectivity index (χ4v) is 0.112. The van der Waals surface area contributed by atoms with E-state index in [1.807, 2.05) is 13.0 Å². The highest BCUT2D eigenvalue weighted by molar-refractivity contribution is 7.30. The molecule has 0 unspecified atom stereocenters. The molecule has 0 aromatic rings. The lowest BCUT2D eigenvalue weighted by molar-refractivity contribution is 0.405. The van der Waals surface area contributed by atoms with Crippen LogP contribution in [-0.4, -0.2) is 9.79 Å². The molecule has 5 heteroatoms. The van der Waals surface area contributed by atoms with Crippen molar-refractivity contribution < 1.29 is 14.4 Å². The minimum atomic E-state index is -2.87. The second-order valence-corrected chi connectivity index (χ2v) is 1.67. The van der Waals surface area contributed by atoms with Crippen molar-refractivity contribution in [3.63, 3.8) is 0 Å². The SMILES string of the molecule is CCCC#N.O=[P+](O)O. The standard InChI is InChI=1S/C4H7N.HO3P/c1-2-3-4-5;1-4(2)3/h2-3H2,1H3;(H-,1,2,3)/p+1. The molecule has 0 aliphatic heterocycles. The second kappa shape index (κ2) is 10.5. The van der Waals surface area contributed by atoms with Crippen LogP contribution in [0.15, 0.2) is 0 Å². The maximum atomic E-state index is 8.70. The summed E-state index contributed by atoms with van der Waals surface area (Å²) in [4.78, 5) is 14.2. The summed E-state index contributed by atoms with van der Waals surface area (Å²) in [5.41, 5.74) is 0. The van der Waals surface area contributed by atoms with Gasteiger partial charge in [0.15, 0.2) is 0 Å². The Bertz CT molecular complexity index is 105. The highest BCUT2D eigenvalue weighted by atomic mass is 31.1. The molecule has 0 saturated heterocycles. The molecule has 0 spiro atoms. The molecule has 0 fully saturated rings. The van der Waals surface area contributed by atoms with Crippen molar-refractivity contribution in [3.8, 4) is 6.07 Å². The van der Waals surface area contributed by atoms with Gasteiger partial charge >= 0.3 is 8.25 Å². The fraction of sp³-hybridized carbons (Fsp3) is 0.750. The number of nitriles is 1. The van der Waals surface area contributed by atoms with Gasteiger partial charge in [-0.3, -0.25) is 0 Å². The monoisotopic (exact) mass is 150 g/mol. The third kappa shape index (κ3) is 100.0. The summed E-state index contributed by atoms with van der Waals surface area (Å²) < 4.78 is 8.70. The fourth-order valence-electron chi connectivity index (χ4n) is 0.112. The van der Waals surface area contributed by atoms with Crippen LogP contribution in [0, 0.1) is 11.3 Å². The molecule has 0 atom stereocenters. The molecule has 0 amide bonds. The topological polar surface area (TPSA) is 81.3 Å². The zero-order valence-electron chi connectivity index (χ0n) is 5.11. The Morgan fingerprint density at radius 3 is 2.00 bits per heavy atom. The maximum absolute atomic E-state index is 8.70. The lowest BCUT2D eigenvalue weighted by Crippen LogP contribution is -1.53. The van der Waals surface area contributed by atoms with Gasteiger partial charge in [0, 0.05) is 11.0 Å². The van der Waals surface area contributed by atoms with Crippen LogP contribution < -0.4 is 0 Å². The largest absolute Gasteiger partial charge is 0.692 e. The smallest absolute Gasteiger partial charge is 0.198 e. The average molecular weight is 150 g/mol. The van der Waals surface area contributed by atoms with E-state index in [0.717, 1.165) is 6.42 Å². The number of rotatable bonds is 1. The third-order valence-corrected chi connectivity index (χ3v) is 0.362. The van der Waals surface area contributed by atoms with E-state index in [1.54, 1.807) is 0 Å². The van der Waals surface area contributed by atoms with Gasteiger partial charge in [0.1, 0.15) is 0 Å². The molecule has 0 rings (SSSR count). The van der Waals surface area contributed by atoms with Gasteiger partial charge in [0.25, 0.3) is 0 Å².